The van der Waals surface area contributed by atoms with Crippen LogP contribution in [0.5, 0.6) is 0 Å². The molecule has 1 aliphatic heterocycles. The fourth-order valence-corrected chi connectivity index (χ4v) is 8.32. The summed E-state index contributed by atoms with van der Waals surface area (Å²) in [5.74, 6) is -0.954. The lowest BCUT2D eigenvalue weighted by molar-refractivity contribution is -0.355. The topological polar surface area (TPSA) is 113 Å². The Morgan fingerprint density at radius 2 is 1.89 bits per heavy atom. The van der Waals surface area contributed by atoms with Gasteiger partial charge in [0.2, 0.25) is 0 Å². The number of ether oxygens (including phenoxy) is 2. The number of fused-ring (bicyclic) bond motifs is 1. The molecule has 4 aliphatic rings. The molecule has 7 atom stereocenters. The number of carbonyl (C=O) groups excluding carboxylic acids is 2. The molecule has 7 heteroatoms. The van der Waals surface area contributed by atoms with Gasteiger partial charge in [-0.25, -0.2) is 4.79 Å². The Kier molecular flexibility index (Phi) is 6.80. The molecule has 0 amide bonds. The lowest BCUT2D eigenvalue weighted by Gasteiger charge is -2.75. The third kappa shape index (κ3) is 3.88. The SMILES string of the molecule is CC(=O)OC1CC2(C)C=CC(O)(CCC(C)C)C3(C(O)CCC(C)(C)C13)C2(O)CCC1=CC(=O)OC1. The third-order valence-electron chi connectivity index (χ3n) is 9.94. The van der Waals surface area contributed by atoms with Gasteiger partial charge in [-0.3, -0.25) is 4.79 Å². The maximum atomic E-state index is 13.0. The molecule has 2 bridgehead atoms. The van der Waals surface area contributed by atoms with E-state index < -0.39 is 51.5 Å². The van der Waals surface area contributed by atoms with E-state index in [0.717, 1.165) is 5.57 Å². The molecule has 2 fully saturated rings. The van der Waals surface area contributed by atoms with E-state index >= 15 is 0 Å². The fourth-order valence-electron chi connectivity index (χ4n) is 8.32. The number of hydrogen-bond donors (Lipinski definition) is 3. The average molecular weight is 505 g/mol. The molecule has 3 aliphatic carbocycles. The summed E-state index contributed by atoms with van der Waals surface area (Å²) in [5, 5.41) is 37.6. The number of cyclic esters (lactones) is 1. The van der Waals surface area contributed by atoms with Crippen LogP contribution in [0.4, 0.5) is 0 Å². The van der Waals surface area contributed by atoms with Gasteiger partial charge in [-0.2, -0.15) is 0 Å². The fraction of sp³-hybridized carbons (Fsp3) is 0.793. The van der Waals surface area contributed by atoms with E-state index in [9.17, 15) is 24.9 Å². The monoisotopic (exact) mass is 504 g/mol. The second-order valence-corrected chi connectivity index (χ2v) is 13.1. The molecule has 3 N–H and O–H groups in total. The summed E-state index contributed by atoms with van der Waals surface area (Å²) in [5.41, 5.74) is -4.90. The van der Waals surface area contributed by atoms with Gasteiger partial charge in [-0.15, -0.1) is 0 Å². The standard InChI is InChI=1S/C29H44O7/c1-18(2)7-11-27(33)14-13-26(6)16-21(36-19(3)30)24-25(4,5)10-9-22(31)29(24,27)28(26,34)12-8-20-15-23(32)35-17-20/h13-15,18,21-22,24,31,33-34H,7-12,16-17H2,1-6H3. The van der Waals surface area contributed by atoms with Crippen molar-refractivity contribution in [3.05, 3.63) is 23.8 Å². The molecule has 7 nitrogen and oxygen atoms in total. The summed E-state index contributed by atoms with van der Waals surface area (Å²) in [6.07, 6.45) is 6.86. The molecule has 36 heavy (non-hydrogen) atoms. The second-order valence-electron chi connectivity index (χ2n) is 13.1. The van der Waals surface area contributed by atoms with E-state index in [4.69, 9.17) is 9.47 Å². The minimum atomic E-state index is -1.52. The molecule has 0 aromatic heterocycles. The Labute approximate surface area is 214 Å². The summed E-state index contributed by atoms with van der Waals surface area (Å²) in [6.45, 7) is 11.9. The van der Waals surface area contributed by atoms with Crippen molar-refractivity contribution in [1.82, 2.24) is 0 Å². The molecule has 4 rings (SSSR count). The van der Waals surface area contributed by atoms with Crippen LogP contribution in [-0.2, 0) is 19.1 Å². The van der Waals surface area contributed by atoms with Crippen molar-refractivity contribution < 1.29 is 34.4 Å². The zero-order chi connectivity index (χ0) is 26.7. The molecular weight excluding hydrogens is 460 g/mol. The summed E-state index contributed by atoms with van der Waals surface area (Å²) < 4.78 is 11.1. The first-order valence-corrected chi connectivity index (χ1v) is 13.5. The van der Waals surface area contributed by atoms with Crippen LogP contribution in [0, 0.1) is 28.1 Å². The smallest absolute Gasteiger partial charge is 0.331 e. The van der Waals surface area contributed by atoms with E-state index in [2.05, 4.69) is 27.7 Å². The third-order valence-corrected chi connectivity index (χ3v) is 9.94. The largest absolute Gasteiger partial charge is 0.462 e. The Hall–Kier alpha value is -1.70. The highest BCUT2D eigenvalue weighted by Gasteiger charge is 2.80. The van der Waals surface area contributed by atoms with E-state index in [1.54, 1.807) is 0 Å². The molecule has 1 heterocycles. The lowest BCUT2D eigenvalue weighted by atomic mass is 9.32. The van der Waals surface area contributed by atoms with Crippen LogP contribution in [-0.4, -0.2) is 57.3 Å². The van der Waals surface area contributed by atoms with Crippen LogP contribution < -0.4 is 0 Å². The van der Waals surface area contributed by atoms with E-state index in [1.807, 2.05) is 19.1 Å². The number of aliphatic hydroxyl groups excluding tert-OH is 1. The molecule has 0 aromatic rings. The first-order chi connectivity index (χ1) is 16.6. The van der Waals surface area contributed by atoms with E-state index in [-0.39, 0.29) is 19.0 Å². The van der Waals surface area contributed by atoms with Crippen molar-refractivity contribution >= 4 is 11.9 Å². The number of hydrogen-bond acceptors (Lipinski definition) is 7. The van der Waals surface area contributed by atoms with Gasteiger partial charge in [0, 0.05) is 24.3 Å². The van der Waals surface area contributed by atoms with Crippen LogP contribution in [0.25, 0.3) is 0 Å². The zero-order valence-corrected chi connectivity index (χ0v) is 22.7. The highest BCUT2D eigenvalue weighted by atomic mass is 16.5. The molecule has 202 valence electrons. The normalized spacial score (nSPS) is 43.1. The van der Waals surface area contributed by atoms with Gasteiger partial charge in [0.1, 0.15) is 12.7 Å². The van der Waals surface area contributed by atoms with E-state index in [0.29, 0.717) is 44.4 Å². The van der Waals surface area contributed by atoms with Gasteiger partial charge in [0.05, 0.1) is 22.7 Å². The molecule has 0 radical (unpaired) electrons. The molecule has 1 spiro atoms. The Bertz CT molecular complexity index is 967. The summed E-state index contributed by atoms with van der Waals surface area (Å²) in [6, 6.07) is 0. The van der Waals surface area contributed by atoms with Gasteiger partial charge in [0.15, 0.2) is 0 Å². The Balaban J connectivity index is 1.95. The van der Waals surface area contributed by atoms with Gasteiger partial charge in [-0.1, -0.05) is 46.8 Å². The van der Waals surface area contributed by atoms with Gasteiger partial charge < -0.3 is 24.8 Å². The van der Waals surface area contributed by atoms with Crippen molar-refractivity contribution in [2.45, 2.75) is 110 Å². The maximum Gasteiger partial charge on any atom is 0.331 e. The molecule has 0 saturated heterocycles. The zero-order valence-electron chi connectivity index (χ0n) is 22.7. The van der Waals surface area contributed by atoms with Gasteiger partial charge in [0.25, 0.3) is 0 Å². The number of esters is 2. The van der Waals surface area contributed by atoms with Crippen molar-refractivity contribution in [2.75, 3.05) is 6.61 Å². The minimum Gasteiger partial charge on any atom is -0.462 e. The van der Waals surface area contributed by atoms with Crippen LogP contribution in [0.15, 0.2) is 23.8 Å². The Morgan fingerprint density at radius 1 is 1.19 bits per heavy atom. The van der Waals surface area contributed by atoms with Crippen molar-refractivity contribution in [1.29, 1.82) is 0 Å². The molecule has 0 aromatic carbocycles. The average Bonchev–Trinajstić information content (AvgIpc) is 3.18. The van der Waals surface area contributed by atoms with Crippen molar-refractivity contribution in [3.63, 3.8) is 0 Å². The van der Waals surface area contributed by atoms with E-state index in [1.165, 1.54) is 13.0 Å². The number of carbonyl (C=O) groups is 2. The quantitative estimate of drug-likeness (QED) is 0.357. The maximum absolute atomic E-state index is 13.0. The first-order valence-electron chi connectivity index (χ1n) is 13.5. The first kappa shape index (κ1) is 27.3. The predicted molar refractivity (Wildman–Crippen MR) is 135 cm³/mol. The second kappa shape index (κ2) is 8.95. The highest BCUT2D eigenvalue weighted by Crippen LogP contribution is 2.74. The van der Waals surface area contributed by atoms with Crippen LogP contribution in [0.3, 0.4) is 0 Å². The molecular formula is C29H44O7. The summed E-state index contributed by atoms with van der Waals surface area (Å²) in [4.78, 5) is 24.0. The number of aliphatic hydroxyl groups is 3. The minimum absolute atomic E-state index is 0.194. The Morgan fingerprint density at radius 3 is 2.47 bits per heavy atom. The molecule has 2 saturated carbocycles. The predicted octanol–water partition coefficient (Wildman–Crippen LogP) is 3.84. The molecule has 7 unspecified atom stereocenters. The van der Waals surface area contributed by atoms with Crippen LogP contribution in [0.1, 0.15) is 86.5 Å². The van der Waals surface area contributed by atoms with Crippen molar-refractivity contribution in [2.24, 2.45) is 28.1 Å². The van der Waals surface area contributed by atoms with Gasteiger partial charge >= 0.3 is 11.9 Å². The lowest BCUT2D eigenvalue weighted by Crippen LogP contribution is -2.82. The number of rotatable bonds is 7. The highest BCUT2D eigenvalue weighted by molar-refractivity contribution is 5.85. The van der Waals surface area contributed by atoms with Gasteiger partial charge in [-0.05, 0) is 61.9 Å². The summed E-state index contributed by atoms with van der Waals surface area (Å²) in [7, 11) is 0. The van der Waals surface area contributed by atoms with Crippen LogP contribution >= 0.6 is 0 Å². The van der Waals surface area contributed by atoms with Crippen LogP contribution in [0.2, 0.25) is 0 Å². The summed E-state index contributed by atoms with van der Waals surface area (Å²) >= 11 is 0. The van der Waals surface area contributed by atoms with Crippen molar-refractivity contribution in [3.8, 4) is 0 Å².